The molecule has 0 fully saturated rings. The topological polar surface area (TPSA) is 35.5 Å². The van der Waals surface area contributed by atoms with Crippen molar-refractivity contribution in [3.05, 3.63) is 35.9 Å². The maximum absolute atomic E-state index is 11.6. The molecule has 1 aromatic carbocycles. The van der Waals surface area contributed by atoms with Crippen LogP contribution >= 0.6 is 0 Å². The molecule has 3 nitrogen and oxygen atoms in total. The van der Waals surface area contributed by atoms with E-state index >= 15 is 0 Å². The summed E-state index contributed by atoms with van der Waals surface area (Å²) in [5.41, 5.74) is 0.607. The summed E-state index contributed by atoms with van der Waals surface area (Å²) in [7, 11) is 0.232. The van der Waals surface area contributed by atoms with Crippen molar-refractivity contribution in [2.75, 3.05) is 13.7 Å². The third-order valence-electron chi connectivity index (χ3n) is 2.72. The molecule has 0 unspecified atom stereocenters. The zero-order valence-electron chi connectivity index (χ0n) is 10.7. The first-order valence-corrected chi connectivity index (χ1v) is 8.94. The molecule has 94 valence electrons. The third-order valence-corrected chi connectivity index (χ3v) is 5.38. The normalized spacial score (nSPS) is 11.2. The summed E-state index contributed by atoms with van der Waals surface area (Å²) in [6, 6.07) is 10.1. The van der Waals surface area contributed by atoms with Gasteiger partial charge in [-0.2, -0.15) is 0 Å². The molecule has 0 radical (unpaired) electrons. The number of rotatable bonds is 6. The molecule has 0 amide bonds. The Balaban J connectivity index is 2.26. The highest BCUT2D eigenvalue weighted by Crippen LogP contribution is 2.12. The number of hydrogen-bond acceptors (Lipinski definition) is 3. The van der Waals surface area contributed by atoms with Gasteiger partial charge in [0.1, 0.15) is 0 Å². The van der Waals surface area contributed by atoms with E-state index in [2.05, 4.69) is 13.1 Å². The van der Waals surface area contributed by atoms with Gasteiger partial charge < -0.3 is 9.16 Å². The lowest BCUT2D eigenvalue weighted by Crippen LogP contribution is -2.28. The Kier molecular flexibility index (Phi) is 5.38. The first-order chi connectivity index (χ1) is 8.05. The Morgan fingerprint density at radius 1 is 1.24 bits per heavy atom. The van der Waals surface area contributed by atoms with Crippen molar-refractivity contribution in [2.45, 2.75) is 25.6 Å². The van der Waals surface area contributed by atoms with Gasteiger partial charge in [0, 0.05) is 7.11 Å². The molecule has 1 rings (SSSR count). The minimum Gasteiger partial charge on any atom is -0.462 e. The van der Waals surface area contributed by atoms with Crippen LogP contribution in [-0.4, -0.2) is 28.0 Å². The van der Waals surface area contributed by atoms with E-state index in [1.165, 1.54) is 0 Å². The predicted molar refractivity (Wildman–Crippen MR) is 70.6 cm³/mol. The summed E-state index contributed by atoms with van der Waals surface area (Å²) in [6.45, 7) is 4.78. The van der Waals surface area contributed by atoms with E-state index in [1.807, 2.05) is 18.2 Å². The molecule has 0 aromatic heterocycles. The number of carbonyl (C=O) groups is 1. The van der Waals surface area contributed by atoms with Gasteiger partial charge in [0.2, 0.25) is 0 Å². The zero-order valence-corrected chi connectivity index (χ0v) is 11.7. The van der Waals surface area contributed by atoms with E-state index in [1.54, 1.807) is 19.2 Å². The molecule has 0 N–H and O–H groups in total. The summed E-state index contributed by atoms with van der Waals surface area (Å²) >= 11 is 0. The number of ether oxygens (including phenoxy) is 1. The lowest BCUT2D eigenvalue weighted by atomic mass is 10.2. The fraction of sp³-hybridized carbons (Fsp3) is 0.462. The predicted octanol–water partition coefficient (Wildman–Crippen LogP) is 3.09. The molecule has 0 aliphatic rings. The van der Waals surface area contributed by atoms with E-state index in [0.717, 1.165) is 12.5 Å². The summed E-state index contributed by atoms with van der Waals surface area (Å²) in [5.74, 6) is -0.248. The molecule has 0 heterocycles. The molecule has 0 bridgehead atoms. The van der Waals surface area contributed by atoms with E-state index in [4.69, 9.17) is 9.16 Å². The van der Waals surface area contributed by atoms with Crippen LogP contribution in [0.25, 0.3) is 0 Å². The fourth-order valence-electron chi connectivity index (χ4n) is 1.42. The Morgan fingerprint density at radius 2 is 1.88 bits per heavy atom. The SMILES string of the molecule is CO[Si](C)(C)CCCOC(=O)c1ccccc1. The largest absolute Gasteiger partial charge is 0.462 e. The maximum atomic E-state index is 11.6. The summed E-state index contributed by atoms with van der Waals surface area (Å²) < 4.78 is 10.6. The van der Waals surface area contributed by atoms with Crippen molar-refractivity contribution in [1.29, 1.82) is 0 Å². The monoisotopic (exact) mass is 252 g/mol. The quantitative estimate of drug-likeness (QED) is 0.443. The first kappa shape index (κ1) is 13.9. The van der Waals surface area contributed by atoms with Crippen LogP contribution in [0.1, 0.15) is 16.8 Å². The van der Waals surface area contributed by atoms with Crippen LogP contribution in [0.15, 0.2) is 30.3 Å². The van der Waals surface area contributed by atoms with E-state index < -0.39 is 8.32 Å². The Morgan fingerprint density at radius 3 is 2.47 bits per heavy atom. The average molecular weight is 252 g/mol. The highest BCUT2D eigenvalue weighted by atomic mass is 28.4. The van der Waals surface area contributed by atoms with E-state index in [9.17, 15) is 4.79 Å². The van der Waals surface area contributed by atoms with Gasteiger partial charge in [-0.3, -0.25) is 0 Å². The minimum atomic E-state index is -1.52. The average Bonchev–Trinajstić information content (AvgIpc) is 2.35. The fourth-order valence-corrected chi connectivity index (χ4v) is 2.62. The molecule has 0 saturated heterocycles. The summed E-state index contributed by atoms with van der Waals surface area (Å²) in [4.78, 5) is 11.6. The molecule has 0 aliphatic carbocycles. The minimum absolute atomic E-state index is 0.248. The summed E-state index contributed by atoms with van der Waals surface area (Å²) in [5, 5.41) is 0. The van der Waals surface area contributed by atoms with Crippen LogP contribution in [0.5, 0.6) is 0 Å². The van der Waals surface area contributed by atoms with Crippen molar-refractivity contribution in [1.82, 2.24) is 0 Å². The number of hydrogen-bond donors (Lipinski definition) is 0. The smallest absolute Gasteiger partial charge is 0.338 e. The third kappa shape index (κ3) is 5.15. The molecule has 0 atom stereocenters. The molecular formula is C13H20O3Si. The van der Waals surface area contributed by atoms with Crippen LogP contribution in [-0.2, 0) is 9.16 Å². The van der Waals surface area contributed by atoms with Gasteiger partial charge in [0.15, 0.2) is 8.32 Å². The maximum Gasteiger partial charge on any atom is 0.338 e. The van der Waals surface area contributed by atoms with Gasteiger partial charge in [-0.25, -0.2) is 4.79 Å². The highest BCUT2D eigenvalue weighted by Gasteiger charge is 2.19. The molecule has 0 spiro atoms. The number of benzene rings is 1. The van der Waals surface area contributed by atoms with Crippen LogP contribution < -0.4 is 0 Å². The first-order valence-electron chi connectivity index (χ1n) is 5.82. The van der Waals surface area contributed by atoms with Crippen LogP contribution in [0.3, 0.4) is 0 Å². The van der Waals surface area contributed by atoms with Gasteiger partial charge in [-0.15, -0.1) is 0 Å². The molecule has 17 heavy (non-hydrogen) atoms. The van der Waals surface area contributed by atoms with Gasteiger partial charge in [0.05, 0.1) is 12.2 Å². The van der Waals surface area contributed by atoms with Crippen molar-refractivity contribution in [2.24, 2.45) is 0 Å². The zero-order chi connectivity index (χ0) is 12.7. The van der Waals surface area contributed by atoms with Crippen molar-refractivity contribution in [3.8, 4) is 0 Å². The number of carbonyl (C=O) groups excluding carboxylic acids is 1. The lowest BCUT2D eigenvalue weighted by Gasteiger charge is -2.19. The Hall–Kier alpha value is -1.13. The van der Waals surface area contributed by atoms with Crippen molar-refractivity contribution in [3.63, 3.8) is 0 Å². The van der Waals surface area contributed by atoms with Gasteiger partial charge in [-0.05, 0) is 37.7 Å². The second-order valence-corrected chi connectivity index (χ2v) is 9.00. The van der Waals surface area contributed by atoms with Crippen LogP contribution in [0.4, 0.5) is 0 Å². The molecule has 0 aliphatic heterocycles. The second-order valence-electron chi connectivity index (χ2n) is 4.57. The van der Waals surface area contributed by atoms with E-state index in [-0.39, 0.29) is 5.97 Å². The molecule has 0 saturated carbocycles. The molecular weight excluding hydrogens is 232 g/mol. The van der Waals surface area contributed by atoms with E-state index in [0.29, 0.717) is 12.2 Å². The van der Waals surface area contributed by atoms with Crippen LogP contribution in [0, 0.1) is 0 Å². The standard InChI is InChI=1S/C13H20O3Si/c1-15-17(2,3)11-7-10-16-13(14)12-8-5-4-6-9-12/h4-6,8-9H,7,10-11H2,1-3H3. The number of esters is 1. The Labute approximate surface area is 104 Å². The second kappa shape index (κ2) is 6.57. The summed E-state index contributed by atoms with van der Waals surface area (Å²) in [6.07, 6.45) is 0.867. The highest BCUT2D eigenvalue weighted by molar-refractivity contribution is 6.71. The molecule has 1 aromatic rings. The van der Waals surface area contributed by atoms with Crippen LogP contribution in [0.2, 0.25) is 19.1 Å². The van der Waals surface area contributed by atoms with Crippen molar-refractivity contribution < 1.29 is 14.0 Å². The Bertz CT molecular complexity index is 349. The molecule has 4 heteroatoms. The van der Waals surface area contributed by atoms with Gasteiger partial charge >= 0.3 is 5.97 Å². The van der Waals surface area contributed by atoms with Crippen molar-refractivity contribution >= 4 is 14.3 Å². The van der Waals surface area contributed by atoms with Gasteiger partial charge in [0.25, 0.3) is 0 Å². The lowest BCUT2D eigenvalue weighted by molar-refractivity contribution is 0.0504. The van der Waals surface area contributed by atoms with Gasteiger partial charge in [-0.1, -0.05) is 18.2 Å².